The largest absolute Gasteiger partial charge is 0.367 e. The number of aryl methyl sites for hydroxylation is 1. The van der Waals surface area contributed by atoms with Crippen LogP contribution in [0.5, 0.6) is 0 Å². The second kappa shape index (κ2) is 7.13. The molecule has 0 radical (unpaired) electrons. The van der Waals surface area contributed by atoms with E-state index in [9.17, 15) is 9.18 Å². The summed E-state index contributed by atoms with van der Waals surface area (Å²) in [5.41, 5.74) is 0.127. The van der Waals surface area contributed by atoms with Gasteiger partial charge in [-0.3, -0.25) is 4.79 Å². The fourth-order valence-corrected chi connectivity index (χ4v) is 3.07. The Labute approximate surface area is 144 Å². The quantitative estimate of drug-likeness (QED) is 0.865. The van der Waals surface area contributed by atoms with E-state index < -0.39 is 5.82 Å². The second-order valence-corrected chi connectivity index (χ2v) is 6.20. The molecule has 0 bridgehead atoms. The van der Waals surface area contributed by atoms with E-state index >= 15 is 0 Å². The van der Waals surface area contributed by atoms with E-state index in [1.165, 1.54) is 12.1 Å². The first-order chi connectivity index (χ1) is 11.5. The van der Waals surface area contributed by atoms with E-state index in [-0.39, 0.29) is 17.5 Å². The molecule has 0 atom stereocenters. The number of hydrogen-bond donors (Lipinski definition) is 1. The van der Waals surface area contributed by atoms with E-state index in [4.69, 9.17) is 11.6 Å². The SMILES string of the molecule is Cc1nc(Cl)cc(NC2CCN(C(=O)c3ccccc3F)CC2)n1. The lowest BCUT2D eigenvalue weighted by Crippen LogP contribution is -2.42. The van der Waals surface area contributed by atoms with E-state index in [1.54, 1.807) is 30.0 Å². The van der Waals surface area contributed by atoms with Gasteiger partial charge in [0.2, 0.25) is 0 Å². The maximum Gasteiger partial charge on any atom is 0.256 e. The summed E-state index contributed by atoms with van der Waals surface area (Å²) in [6, 6.07) is 7.96. The van der Waals surface area contributed by atoms with Crippen LogP contribution in [0.2, 0.25) is 5.15 Å². The molecule has 7 heteroatoms. The number of amides is 1. The van der Waals surface area contributed by atoms with Gasteiger partial charge >= 0.3 is 0 Å². The minimum atomic E-state index is -0.478. The van der Waals surface area contributed by atoms with Gasteiger partial charge in [-0.25, -0.2) is 14.4 Å². The number of piperidine rings is 1. The molecule has 5 nitrogen and oxygen atoms in total. The highest BCUT2D eigenvalue weighted by Crippen LogP contribution is 2.19. The topological polar surface area (TPSA) is 58.1 Å². The average molecular weight is 349 g/mol. The van der Waals surface area contributed by atoms with E-state index in [1.807, 2.05) is 0 Å². The Bertz CT molecular complexity index is 727. The summed E-state index contributed by atoms with van der Waals surface area (Å²) in [5.74, 6) is 0.560. The predicted octanol–water partition coefficient (Wildman–Crippen LogP) is 3.29. The van der Waals surface area contributed by atoms with Crippen LogP contribution in [-0.2, 0) is 0 Å². The van der Waals surface area contributed by atoms with Crippen LogP contribution in [0.1, 0.15) is 29.0 Å². The minimum absolute atomic E-state index is 0.127. The molecule has 1 aromatic carbocycles. The van der Waals surface area contributed by atoms with Crippen molar-refractivity contribution in [2.45, 2.75) is 25.8 Å². The summed E-state index contributed by atoms with van der Waals surface area (Å²) in [7, 11) is 0. The molecule has 1 amide bonds. The molecule has 1 aromatic heterocycles. The molecule has 1 aliphatic heterocycles. The van der Waals surface area contributed by atoms with Crippen LogP contribution in [0.4, 0.5) is 10.2 Å². The minimum Gasteiger partial charge on any atom is -0.367 e. The molecule has 0 spiro atoms. The molecule has 1 fully saturated rings. The predicted molar refractivity (Wildman–Crippen MR) is 90.7 cm³/mol. The molecule has 0 aliphatic carbocycles. The van der Waals surface area contributed by atoms with Crippen molar-refractivity contribution in [3.8, 4) is 0 Å². The summed E-state index contributed by atoms with van der Waals surface area (Å²) in [6.07, 6.45) is 1.53. The zero-order valence-electron chi connectivity index (χ0n) is 13.3. The van der Waals surface area contributed by atoms with E-state index in [0.29, 0.717) is 29.9 Å². The fraction of sp³-hybridized carbons (Fsp3) is 0.353. The Morgan fingerprint density at radius 3 is 2.67 bits per heavy atom. The summed E-state index contributed by atoms with van der Waals surface area (Å²) in [5, 5.41) is 3.73. The Morgan fingerprint density at radius 2 is 2.00 bits per heavy atom. The first kappa shape index (κ1) is 16.6. The van der Waals surface area contributed by atoms with Crippen molar-refractivity contribution in [3.63, 3.8) is 0 Å². The summed E-state index contributed by atoms with van der Waals surface area (Å²) >= 11 is 5.94. The molecule has 0 saturated carbocycles. The Kier molecular flexibility index (Phi) is 4.94. The Balaban J connectivity index is 1.59. The van der Waals surface area contributed by atoms with Crippen LogP contribution >= 0.6 is 11.6 Å². The third-order valence-electron chi connectivity index (χ3n) is 4.05. The van der Waals surface area contributed by atoms with Gasteiger partial charge in [0, 0.05) is 25.2 Å². The number of nitrogens with zero attached hydrogens (tertiary/aromatic N) is 3. The van der Waals surface area contributed by atoms with Crippen LogP contribution in [0.25, 0.3) is 0 Å². The first-order valence-electron chi connectivity index (χ1n) is 7.84. The van der Waals surface area contributed by atoms with Crippen LogP contribution < -0.4 is 5.32 Å². The number of rotatable bonds is 3. The number of carbonyl (C=O) groups excluding carboxylic acids is 1. The number of carbonyl (C=O) groups is 1. The van der Waals surface area contributed by atoms with Crippen molar-refractivity contribution in [3.05, 3.63) is 52.7 Å². The average Bonchev–Trinajstić information content (AvgIpc) is 2.54. The Hall–Kier alpha value is -2.21. The Morgan fingerprint density at radius 1 is 1.29 bits per heavy atom. The number of halogens is 2. The first-order valence-corrected chi connectivity index (χ1v) is 8.22. The molecule has 2 heterocycles. The van der Waals surface area contributed by atoms with Crippen molar-refractivity contribution in [1.82, 2.24) is 14.9 Å². The second-order valence-electron chi connectivity index (χ2n) is 5.81. The van der Waals surface area contributed by atoms with Gasteiger partial charge in [-0.2, -0.15) is 0 Å². The lowest BCUT2D eigenvalue weighted by molar-refractivity contribution is 0.0713. The number of benzene rings is 1. The molecule has 3 rings (SSSR count). The van der Waals surface area contributed by atoms with Crippen molar-refractivity contribution in [1.29, 1.82) is 0 Å². The number of nitrogens with one attached hydrogen (secondary N) is 1. The third-order valence-corrected chi connectivity index (χ3v) is 4.24. The zero-order valence-corrected chi connectivity index (χ0v) is 14.1. The maximum atomic E-state index is 13.7. The normalized spacial score (nSPS) is 15.4. The van der Waals surface area contributed by atoms with Crippen molar-refractivity contribution >= 4 is 23.3 Å². The van der Waals surface area contributed by atoms with Crippen LogP contribution in [0.3, 0.4) is 0 Å². The van der Waals surface area contributed by atoms with E-state index in [0.717, 1.165) is 12.8 Å². The van der Waals surface area contributed by atoms with Gasteiger partial charge in [0.25, 0.3) is 5.91 Å². The van der Waals surface area contributed by atoms with Crippen LogP contribution in [0.15, 0.2) is 30.3 Å². The van der Waals surface area contributed by atoms with Crippen LogP contribution in [-0.4, -0.2) is 39.9 Å². The lowest BCUT2D eigenvalue weighted by Gasteiger charge is -2.32. The molecule has 1 saturated heterocycles. The van der Waals surface area contributed by atoms with E-state index in [2.05, 4.69) is 15.3 Å². The van der Waals surface area contributed by atoms with Gasteiger partial charge in [0.1, 0.15) is 22.6 Å². The summed E-state index contributed by atoms with van der Waals surface area (Å²) in [6.45, 7) is 2.93. The standard InChI is InChI=1S/C17H18ClFN4O/c1-11-20-15(18)10-16(21-11)22-12-6-8-23(9-7-12)17(24)13-4-2-3-5-14(13)19/h2-5,10,12H,6-9H2,1H3,(H,20,21,22). The molecular formula is C17H18ClFN4O. The zero-order chi connectivity index (χ0) is 17.1. The van der Waals surface area contributed by atoms with Crippen molar-refractivity contribution in [2.75, 3.05) is 18.4 Å². The number of aromatic nitrogens is 2. The van der Waals surface area contributed by atoms with Crippen LogP contribution in [0, 0.1) is 12.7 Å². The number of anilines is 1. The highest BCUT2D eigenvalue weighted by atomic mass is 35.5. The highest BCUT2D eigenvalue weighted by molar-refractivity contribution is 6.29. The maximum absolute atomic E-state index is 13.7. The van der Waals surface area contributed by atoms with Gasteiger partial charge in [0.05, 0.1) is 5.56 Å². The fourth-order valence-electron chi connectivity index (χ4n) is 2.85. The highest BCUT2D eigenvalue weighted by Gasteiger charge is 2.25. The monoisotopic (exact) mass is 348 g/mol. The van der Waals surface area contributed by atoms with Crippen molar-refractivity contribution < 1.29 is 9.18 Å². The van der Waals surface area contributed by atoms with Gasteiger partial charge in [-0.1, -0.05) is 23.7 Å². The molecular weight excluding hydrogens is 331 g/mol. The molecule has 1 aliphatic rings. The van der Waals surface area contributed by atoms with Gasteiger partial charge in [-0.05, 0) is 31.9 Å². The molecule has 2 aromatic rings. The molecule has 126 valence electrons. The summed E-state index contributed by atoms with van der Waals surface area (Å²) < 4.78 is 13.7. The number of likely N-dealkylation sites (tertiary alicyclic amines) is 1. The molecule has 24 heavy (non-hydrogen) atoms. The van der Waals surface area contributed by atoms with Gasteiger partial charge < -0.3 is 10.2 Å². The molecule has 1 N–H and O–H groups in total. The van der Waals surface area contributed by atoms with Gasteiger partial charge in [-0.15, -0.1) is 0 Å². The van der Waals surface area contributed by atoms with Gasteiger partial charge in [0.15, 0.2) is 0 Å². The lowest BCUT2D eigenvalue weighted by atomic mass is 10.0. The molecule has 0 unspecified atom stereocenters. The smallest absolute Gasteiger partial charge is 0.256 e. The van der Waals surface area contributed by atoms with Crippen molar-refractivity contribution in [2.24, 2.45) is 0 Å². The summed E-state index contributed by atoms with van der Waals surface area (Å²) in [4.78, 5) is 22.4. The third kappa shape index (κ3) is 3.82. The number of hydrogen-bond acceptors (Lipinski definition) is 4.